The fourth-order valence-electron chi connectivity index (χ4n) is 1.88. The van der Waals surface area contributed by atoms with Crippen LogP contribution in [0.1, 0.15) is 51.0 Å². The van der Waals surface area contributed by atoms with E-state index in [9.17, 15) is 30.0 Å². The Hall–Kier alpha value is -0.510. The second-order valence-electron chi connectivity index (χ2n) is 5.47. The molecule has 0 aliphatic carbocycles. The first-order valence-corrected chi connectivity index (χ1v) is 12.6. The Morgan fingerprint density at radius 1 is 0.923 bits per heavy atom. The highest BCUT2D eigenvalue weighted by molar-refractivity contribution is 8.14. The maximum Gasteiger partial charge on any atom is 0.416 e. The van der Waals surface area contributed by atoms with Crippen LogP contribution < -0.4 is 0 Å². The van der Waals surface area contributed by atoms with Gasteiger partial charge in [0.05, 0.1) is 16.2 Å². The van der Waals surface area contributed by atoms with E-state index in [0.29, 0.717) is 12.5 Å². The summed E-state index contributed by atoms with van der Waals surface area (Å²) < 4.78 is 78.7. The van der Waals surface area contributed by atoms with Gasteiger partial charge in [-0.15, -0.1) is 0 Å². The fourth-order valence-corrected chi connectivity index (χ4v) is 3.55. The molecule has 0 spiro atoms. The third-order valence-electron chi connectivity index (χ3n) is 3.18. The lowest BCUT2D eigenvalue weighted by Gasteiger charge is -2.06. The van der Waals surface area contributed by atoms with Gasteiger partial charge in [0.1, 0.15) is 0 Å². The number of halogens is 5. The van der Waals surface area contributed by atoms with Gasteiger partial charge in [-0.3, -0.25) is 0 Å². The second kappa shape index (κ2) is 11.4. The van der Waals surface area contributed by atoms with Crippen LogP contribution in [0.3, 0.4) is 0 Å². The minimum atomic E-state index is -4.57. The van der Waals surface area contributed by atoms with E-state index in [2.05, 4.69) is 6.92 Å². The molecule has 1 aromatic carbocycles. The van der Waals surface area contributed by atoms with Crippen molar-refractivity contribution in [3.63, 3.8) is 0 Å². The summed E-state index contributed by atoms with van der Waals surface area (Å²) in [6.45, 7) is 2.16. The average Bonchev–Trinajstić information content (AvgIpc) is 2.49. The van der Waals surface area contributed by atoms with Crippen molar-refractivity contribution in [3.05, 3.63) is 29.8 Å². The first-order chi connectivity index (χ1) is 11.8. The molecule has 26 heavy (non-hydrogen) atoms. The van der Waals surface area contributed by atoms with Gasteiger partial charge in [0, 0.05) is 21.4 Å². The van der Waals surface area contributed by atoms with Gasteiger partial charge >= 0.3 is 6.18 Å². The number of alkyl halides is 3. The SMILES string of the molecule is CCCCCCCCS(=O)(=O)Cl.O=S(=O)(Cl)c1cccc(C(F)(F)F)c1. The quantitative estimate of drug-likeness (QED) is 0.379. The van der Waals surface area contributed by atoms with Gasteiger partial charge in [-0.05, 0) is 24.6 Å². The Balaban J connectivity index is 0.000000488. The Bertz CT molecular complexity index is 748. The molecule has 1 aromatic rings. The lowest BCUT2D eigenvalue weighted by atomic mass is 10.1. The van der Waals surface area contributed by atoms with Crippen molar-refractivity contribution in [1.29, 1.82) is 0 Å². The number of rotatable bonds is 8. The van der Waals surface area contributed by atoms with Gasteiger partial charge in [0.25, 0.3) is 9.05 Å². The van der Waals surface area contributed by atoms with Crippen molar-refractivity contribution in [2.75, 3.05) is 5.75 Å². The van der Waals surface area contributed by atoms with Crippen LogP contribution >= 0.6 is 21.4 Å². The number of hydrogen-bond donors (Lipinski definition) is 0. The average molecular weight is 457 g/mol. The summed E-state index contributed by atoms with van der Waals surface area (Å²) in [5.41, 5.74) is -1.04. The van der Waals surface area contributed by atoms with E-state index in [4.69, 9.17) is 21.4 Å². The number of hydrogen-bond acceptors (Lipinski definition) is 4. The maximum atomic E-state index is 12.1. The summed E-state index contributed by atoms with van der Waals surface area (Å²) in [4.78, 5) is -0.561. The van der Waals surface area contributed by atoms with Crippen LogP contribution in [0, 0.1) is 0 Å². The molecule has 152 valence electrons. The van der Waals surface area contributed by atoms with Crippen LogP contribution in [-0.4, -0.2) is 22.6 Å². The molecule has 0 saturated carbocycles. The summed E-state index contributed by atoms with van der Waals surface area (Å²) in [6, 6.07) is 3.24. The van der Waals surface area contributed by atoms with Crippen LogP contribution in [-0.2, 0) is 24.3 Å². The normalized spacial score (nSPS) is 12.4. The molecule has 0 saturated heterocycles. The van der Waals surface area contributed by atoms with E-state index in [0.717, 1.165) is 31.0 Å². The molecule has 0 aliphatic rings. The van der Waals surface area contributed by atoms with Crippen molar-refractivity contribution in [2.24, 2.45) is 0 Å². The summed E-state index contributed by atoms with van der Waals surface area (Å²) in [7, 11) is 2.57. The predicted molar refractivity (Wildman–Crippen MR) is 97.5 cm³/mol. The van der Waals surface area contributed by atoms with Crippen molar-refractivity contribution >= 4 is 39.5 Å². The zero-order chi connectivity index (χ0) is 20.4. The predicted octanol–water partition coefficient (Wildman–Crippen LogP) is 5.55. The molecular weight excluding hydrogens is 436 g/mol. The standard InChI is InChI=1S/C8H17ClO2S.C7H4ClF3O2S/c1-2-3-4-5-6-7-8-12(9,10)11;8-14(12,13)6-3-1-2-5(4-6)7(9,10)11/h2-8H2,1H3;1-4H. The van der Waals surface area contributed by atoms with Crippen LogP contribution in [0.4, 0.5) is 13.2 Å². The van der Waals surface area contributed by atoms with E-state index >= 15 is 0 Å². The molecule has 0 amide bonds. The Kier molecular flexibility index (Phi) is 11.1. The zero-order valence-corrected chi connectivity index (χ0v) is 17.2. The van der Waals surface area contributed by atoms with E-state index in [-0.39, 0.29) is 5.75 Å². The first-order valence-electron chi connectivity index (χ1n) is 7.81. The smallest absolute Gasteiger partial charge is 0.212 e. The summed E-state index contributed by atoms with van der Waals surface area (Å²) in [6.07, 6.45) is 1.90. The van der Waals surface area contributed by atoms with Crippen molar-refractivity contribution in [3.8, 4) is 0 Å². The topological polar surface area (TPSA) is 68.3 Å². The third-order valence-corrected chi connectivity index (χ3v) is 5.78. The summed E-state index contributed by atoms with van der Waals surface area (Å²) >= 11 is 0. The second-order valence-corrected chi connectivity index (χ2v) is 10.9. The van der Waals surface area contributed by atoms with Crippen molar-refractivity contribution < 1.29 is 30.0 Å². The fraction of sp³-hybridized carbons (Fsp3) is 0.600. The van der Waals surface area contributed by atoms with Gasteiger partial charge in [-0.25, -0.2) is 16.8 Å². The molecule has 0 unspecified atom stereocenters. The highest BCUT2D eigenvalue weighted by atomic mass is 35.7. The third kappa shape index (κ3) is 12.8. The molecule has 0 fully saturated rings. The van der Waals surface area contributed by atoms with Gasteiger partial charge in [-0.2, -0.15) is 13.2 Å². The minimum absolute atomic E-state index is 0.126. The lowest BCUT2D eigenvalue weighted by Crippen LogP contribution is -2.05. The van der Waals surface area contributed by atoms with E-state index in [1.807, 2.05) is 0 Å². The monoisotopic (exact) mass is 456 g/mol. The van der Waals surface area contributed by atoms with Gasteiger partial charge in [-0.1, -0.05) is 45.1 Å². The first kappa shape index (κ1) is 25.5. The molecule has 0 N–H and O–H groups in total. The summed E-state index contributed by atoms with van der Waals surface area (Å²) in [5.74, 6) is 0.126. The van der Waals surface area contributed by atoms with Gasteiger partial charge in [0.2, 0.25) is 9.05 Å². The van der Waals surface area contributed by atoms with Crippen LogP contribution in [0.5, 0.6) is 0 Å². The van der Waals surface area contributed by atoms with Crippen LogP contribution in [0.2, 0.25) is 0 Å². The maximum absolute atomic E-state index is 12.1. The Morgan fingerprint density at radius 2 is 1.46 bits per heavy atom. The molecular formula is C15H21Cl2F3O4S2. The molecule has 1 rings (SSSR count). The van der Waals surface area contributed by atoms with Crippen LogP contribution in [0.25, 0.3) is 0 Å². The zero-order valence-electron chi connectivity index (χ0n) is 14.1. The highest BCUT2D eigenvalue weighted by Crippen LogP contribution is 2.31. The van der Waals surface area contributed by atoms with E-state index < -0.39 is 34.7 Å². The molecule has 0 bridgehead atoms. The number of benzene rings is 1. The Morgan fingerprint density at radius 3 is 1.92 bits per heavy atom. The molecule has 0 heterocycles. The minimum Gasteiger partial charge on any atom is -0.212 e. The largest absolute Gasteiger partial charge is 0.416 e. The van der Waals surface area contributed by atoms with Gasteiger partial charge < -0.3 is 0 Å². The van der Waals surface area contributed by atoms with Crippen molar-refractivity contribution in [1.82, 2.24) is 0 Å². The van der Waals surface area contributed by atoms with E-state index in [1.165, 1.54) is 19.3 Å². The molecule has 4 nitrogen and oxygen atoms in total. The molecule has 0 radical (unpaired) electrons. The Labute approximate surface area is 161 Å². The molecule has 0 atom stereocenters. The summed E-state index contributed by atoms with van der Waals surface area (Å²) in [5, 5.41) is 0. The lowest BCUT2D eigenvalue weighted by molar-refractivity contribution is -0.137. The molecule has 11 heteroatoms. The van der Waals surface area contributed by atoms with Crippen LogP contribution in [0.15, 0.2) is 29.2 Å². The van der Waals surface area contributed by atoms with E-state index in [1.54, 1.807) is 0 Å². The number of unbranched alkanes of at least 4 members (excludes halogenated alkanes) is 5. The van der Waals surface area contributed by atoms with Crippen molar-refractivity contribution in [2.45, 2.75) is 56.5 Å². The highest BCUT2D eigenvalue weighted by Gasteiger charge is 2.31. The molecule has 0 aliphatic heterocycles. The van der Waals surface area contributed by atoms with Gasteiger partial charge in [0.15, 0.2) is 0 Å². The molecule has 0 aromatic heterocycles.